The Kier molecular flexibility index (Phi) is 7.66. The number of hydrogen-bond acceptors (Lipinski definition) is 0. The van der Waals surface area contributed by atoms with E-state index in [1.807, 2.05) is 0 Å². The molecule has 0 amide bonds. The Morgan fingerprint density at radius 3 is 2.17 bits per heavy atom. The minimum atomic E-state index is 0.172. The summed E-state index contributed by atoms with van der Waals surface area (Å²) in [7, 11) is 0. The van der Waals surface area contributed by atoms with E-state index in [2.05, 4.69) is 84.9 Å². The highest BCUT2D eigenvalue weighted by Crippen LogP contribution is 2.36. The summed E-state index contributed by atoms with van der Waals surface area (Å²) in [5, 5.41) is 0. The highest BCUT2D eigenvalue weighted by atomic mass is 14.3. The van der Waals surface area contributed by atoms with Crippen molar-refractivity contribution in [2.75, 3.05) is 0 Å². The van der Waals surface area contributed by atoms with E-state index in [1.54, 1.807) is 0 Å². The van der Waals surface area contributed by atoms with Crippen LogP contribution in [0.3, 0.4) is 0 Å². The van der Waals surface area contributed by atoms with Crippen LogP contribution in [0.4, 0.5) is 0 Å². The molecule has 0 rings (SSSR count). The molecular formula is C18H30. The van der Waals surface area contributed by atoms with Crippen LogP contribution in [0.15, 0.2) is 47.6 Å². The maximum Gasteiger partial charge on any atom is -0.00467 e. The molecule has 0 N–H and O–H groups in total. The third-order valence-corrected chi connectivity index (χ3v) is 3.83. The smallest absolute Gasteiger partial charge is 0.00467 e. The zero-order valence-corrected chi connectivity index (χ0v) is 13.2. The van der Waals surface area contributed by atoms with Crippen LogP contribution in [0, 0.1) is 11.3 Å². The van der Waals surface area contributed by atoms with Crippen LogP contribution in [0.2, 0.25) is 0 Å². The van der Waals surface area contributed by atoms with Crippen molar-refractivity contribution >= 4 is 0 Å². The summed E-state index contributed by atoms with van der Waals surface area (Å²) in [5.74, 6) is 0.514. The van der Waals surface area contributed by atoms with Gasteiger partial charge in [0.1, 0.15) is 0 Å². The highest BCUT2D eigenvalue weighted by Gasteiger charge is 2.26. The van der Waals surface area contributed by atoms with Crippen molar-refractivity contribution in [2.45, 2.75) is 54.9 Å². The summed E-state index contributed by atoms with van der Waals surface area (Å²) < 4.78 is 0. The second kappa shape index (κ2) is 8.13. The van der Waals surface area contributed by atoms with E-state index >= 15 is 0 Å². The first-order valence-electron chi connectivity index (χ1n) is 7.04. The Morgan fingerprint density at radius 1 is 1.11 bits per heavy atom. The predicted octanol–water partition coefficient (Wildman–Crippen LogP) is 6.08. The van der Waals surface area contributed by atoms with E-state index in [9.17, 15) is 0 Å². The van der Waals surface area contributed by atoms with E-state index < -0.39 is 0 Å². The largest absolute Gasteiger partial charge is 0.0847 e. The van der Waals surface area contributed by atoms with Gasteiger partial charge in [-0.2, -0.15) is 0 Å². The second-order valence-corrected chi connectivity index (χ2v) is 5.46. The fraction of sp³-hybridized carbons (Fsp3) is 0.556. The summed E-state index contributed by atoms with van der Waals surface area (Å²) in [6, 6.07) is 0. The maximum atomic E-state index is 2.32. The van der Waals surface area contributed by atoms with Gasteiger partial charge in [-0.3, -0.25) is 0 Å². The van der Waals surface area contributed by atoms with Gasteiger partial charge in [0.2, 0.25) is 0 Å². The van der Waals surface area contributed by atoms with Crippen molar-refractivity contribution in [1.29, 1.82) is 0 Å². The lowest BCUT2D eigenvalue weighted by Crippen LogP contribution is -2.22. The topological polar surface area (TPSA) is 0 Å². The van der Waals surface area contributed by atoms with Gasteiger partial charge in [-0.25, -0.2) is 0 Å². The van der Waals surface area contributed by atoms with Crippen molar-refractivity contribution < 1.29 is 0 Å². The Balaban J connectivity index is 5.00. The monoisotopic (exact) mass is 246 g/mol. The van der Waals surface area contributed by atoms with E-state index in [0.29, 0.717) is 5.92 Å². The molecule has 0 heteroatoms. The molecule has 0 spiro atoms. The molecular weight excluding hydrogens is 216 g/mol. The highest BCUT2D eigenvalue weighted by molar-refractivity contribution is 5.28. The molecule has 0 aromatic rings. The third kappa shape index (κ3) is 5.08. The molecule has 0 bridgehead atoms. The van der Waals surface area contributed by atoms with E-state index in [4.69, 9.17) is 0 Å². The third-order valence-electron chi connectivity index (χ3n) is 3.83. The number of hydrogen-bond donors (Lipinski definition) is 0. The van der Waals surface area contributed by atoms with Crippen LogP contribution < -0.4 is 0 Å². The minimum absolute atomic E-state index is 0.172. The maximum absolute atomic E-state index is 2.32. The lowest BCUT2D eigenvalue weighted by atomic mass is 9.73. The van der Waals surface area contributed by atoms with Gasteiger partial charge in [0.25, 0.3) is 0 Å². The molecule has 1 unspecified atom stereocenters. The van der Waals surface area contributed by atoms with Crippen LogP contribution in [0.25, 0.3) is 0 Å². The first kappa shape index (κ1) is 17.0. The van der Waals surface area contributed by atoms with Gasteiger partial charge in [-0.05, 0) is 44.1 Å². The second-order valence-electron chi connectivity index (χ2n) is 5.46. The summed E-state index contributed by atoms with van der Waals surface area (Å²) in [6.45, 7) is 15.5. The van der Waals surface area contributed by atoms with E-state index in [1.165, 1.54) is 11.1 Å². The predicted molar refractivity (Wildman–Crippen MR) is 84.7 cm³/mol. The summed E-state index contributed by atoms with van der Waals surface area (Å²) >= 11 is 0. The van der Waals surface area contributed by atoms with Crippen LogP contribution in [-0.2, 0) is 0 Å². The SMILES string of the molecule is C/C=C(C)\C=C/C(C)C(C)(C)C(/C=C\CC)=C/C. The summed E-state index contributed by atoms with van der Waals surface area (Å²) in [6.07, 6.45) is 14.5. The summed E-state index contributed by atoms with van der Waals surface area (Å²) in [5.41, 5.74) is 2.91. The number of allylic oxidation sites excluding steroid dienone is 8. The van der Waals surface area contributed by atoms with Crippen molar-refractivity contribution in [3.63, 3.8) is 0 Å². The standard InChI is InChI=1S/C18H30/c1-8-11-12-17(10-3)18(6,7)16(5)14-13-15(4)9-2/h9-14,16H,8H2,1-7H3/b12-11-,14-13-,15-9-,17-10+. The van der Waals surface area contributed by atoms with Crippen molar-refractivity contribution in [2.24, 2.45) is 11.3 Å². The normalized spacial score (nSPS) is 16.8. The van der Waals surface area contributed by atoms with Crippen molar-refractivity contribution in [1.82, 2.24) is 0 Å². The van der Waals surface area contributed by atoms with Crippen molar-refractivity contribution in [3.05, 3.63) is 47.6 Å². The zero-order valence-electron chi connectivity index (χ0n) is 13.2. The van der Waals surface area contributed by atoms with Gasteiger partial charge in [-0.1, -0.05) is 69.7 Å². The lowest BCUT2D eigenvalue weighted by molar-refractivity contribution is 0.350. The average molecular weight is 246 g/mol. The van der Waals surface area contributed by atoms with Gasteiger partial charge in [0.05, 0.1) is 0 Å². The molecule has 0 saturated heterocycles. The quantitative estimate of drug-likeness (QED) is 0.498. The molecule has 102 valence electrons. The molecule has 1 atom stereocenters. The molecule has 0 nitrogen and oxygen atoms in total. The molecule has 0 aliphatic rings. The van der Waals surface area contributed by atoms with Gasteiger partial charge >= 0.3 is 0 Å². The molecule has 0 radical (unpaired) electrons. The molecule has 0 aromatic heterocycles. The molecule has 0 aromatic carbocycles. The minimum Gasteiger partial charge on any atom is -0.0847 e. The van der Waals surface area contributed by atoms with E-state index in [-0.39, 0.29) is 5.41 Å². The fourth-order valence-electron chi connectivity index (χ4n) is 1.82. The molecule has 0 saturated carbocycles. The van der Waals surface area contributed by atoms with Gasteiger partial charge in [-0.15, -0.1) is 0 Å². The van der Waals surface area contributed by atoms with Crippen LogP contribution in [-0.4, -0.2) is 0 Å². The Labute approximate surface area is 114 Å². The number of rotatable bonds is 6. The Hall–Kier alpha value is -1.04. The molecule has 0 fully saturated rings. The first-order valence-corrected chi connectivity index (χ1v) is 7.04. The van der Waals surface area contributed by atoms with Crippen LogP contribution >= 0.6 is 0 Å². The molecule has 18 heavy (non-hydrogen) atoms. The Morgan fingerprint density at radius 2 is 1.72 bits per heavy atom. The zero-order chi connectivity index (χ0) is 14.2. The first-order chi connectivity index (χ1) is 8.39. The van der Waals surface area contributed by atoms with Gasteiger partial charge < -0.3 is 0 Å². The lowest BCUT2D eigenvalue weighted by Gasteiger charge is -2.31. The van der Waals surface area contributed by atoms with E-state index in [0.717, 1.165) is 6.42 Å². The Bertz CT molecular complexity index is 348. The fourth-order valence-corrected chi connectivity index (χ4v) is 1.82. The average Bonchev–Trinajstić information content (AvgIpc) is 2.35. The van der Waals surface area contributed by atoms with Gasteiger partial charge in [0, 0.05) is 0 Å². The van der Waals surface area contributed by atoms with Crippen LogP contribution in [0.5, 0.6) is 0 Å². The molecule has 0 aliphatic carbocycles. The van der Waals surface area contributed by atoms with Crippen LogP contribution in [0.1, 0.15) is 54.9 Å². The summed E-state index contributed by atoms with van der Waals surface area (Å²) in [4.78, 5) is 0. The molecule has 0 aliphatic heterocycles. The van der Waals surface area contributed by atoms with Gasteiger partial charge in [0.15, 0.2) is 0 Å². The molecule has 0 heterocycles. The van der Waals surface area contributed by atoms with Crippen molar-refractivity contribution in [3.8, 4) is 0 Å².